The molecular formula is C13H18F3N3O. The van der Waals surface area contributed by atoms with E-state index in [9.17, 15) is 18.0 Å². The highest BCUT2D eigenvalue weighted by Gasteiger charge is 2.28. The second-order valence-electron chi connectivity index (χ2n) is 4.69. The molecule has 0 unspecified atom stereocenters. The average Bonchev–Trinajstić information content (AvgIpc) is 2.35. The molecule has 1 rings (SSSR count). The third-order valence-corrected chi connectivity index (χ3v) is 2.66. The summed E-state index contributed by atoms with van der Waals surface area (Å²) in [5.41, 5.74) is 1.86. The SMILES string of the molecule is CN(Cc1ccc(N(C)C)cc1)C(=O)NCC(F)(F)F. The van der Waals surface area contributed by atoms with E-state index in [0.717, 1.165) is 11.3 Å². The van der Waals surface area contributed by atoms with Gasteiger partial charge in [-0.15, -0.1) is 0 Å². The molecule has 0 atom stereocenters. The molecule has 0 heterocycles. The van der Waals surface area contributed by atoms with E-state index in [1.165, 1.54) is 11.9 Å². The van der Waals surface area contributed by atoms with Gasteiger partial charge in [-0.2, -0.15) is 13.2 Å². The molecule has 20 heavy (non-hydrogen) atoms. The Morgan fingerprint density at radius 2 is 1.70 bits per heavy atom. The van der Waals surface area contributed by atoms with Crippen molar-refractivity contribution < 1.29 is 18.0 Å². The number of anilines is 1. The largest absolute Gasteiger partial charge is 0.405 e. The molecule has 0 aliphatic heterocycles. The molecule has 0 saturated carbocycles. The normalized spacial score (nSPS) is 11.1. The van der Waals surface area contributed by atoms with Crippen LogP contribution in [-0.4, -0.2) is 44.8 Å². The lowest BCUT2D eigenvalue weighted by Crippen LogP contribution is -2.41. The summed E-state index contributed by atoms with van der Waals surface area (Å²) < 4.78 is 36.0. The Labute approximate surface area is 116 Å². The molecule has 7 heteroatoms. The maximum atomic E-state index is 12.0. The lowest BCUT2D eigenvalue weighted by Gasteiger charge is -2.19. The molecule has 0 bridgehead atoms. The van der Waals surface area contributed by atoms with Gasteiger partial charge in [0.05, 0.1) is 0 Å². The van der Waals surface area contributed by atoms with E-state index in [2.05, 4.69) is 0 Å². The lowest BCUT2D eigenvalue weighted by molar-refractivity contribution is -0.123. The summed E-state index contributed by atoms with van der Waals surface area (Å²) in [7, 11) is 5.27. The van der Waals surface area contributed by atoms with Crippen LogP contribution in [0, 0.1) is 0 Å². The van der Waals surface area contributed by atoms with Crippen LogP contribution in [0.4, 0.5) is 23.7 Å². The van der Waals surface area contributed by atoms with Gasteiger partial charge in [0.1, 0.15) is 6.54 Å². The van der Waals surface area contributed by atoms with Gasteiger partial charge in [-0.1, -0.05) is 12.1 Å². The standard InChI is InChI=1S/C13H18F3N3O/c1-18(2)11-6-4-10(5-7-11)8-19(3)12(20)17-9-13(14,15)16/h4-7H,8-9H2,1-3H3,(H,17,20). The number of nitrogens with one attached hydrogen (secondary N) is 1. The van der Waals surface area contributed by atoms with Gasteiger partial charge in [-0.3, -0.25) is 0 Å². The Morgan fingerprint density at radius 3 is 2.15 bits per heavy atom. The van der Waals surface area contributed by atoms with Gasteiger partial charge in [0, 0.05) is 33.4 Å². The Balaban J connectivity index is 2.53. The number of halogens is 3. The van der Waals surface area contributed by atoms with E-state index in [0.29, 0.717) is 0 Å². The number of amides is 2. The third kappa shape index (κ3) is 5.38. The molecule has 0 aliphatic rings. The van der Waals surface area contributed by atoms with Crippen molar-refractivity contribution in [3.05, 3.63) is 29.8 Å². The second kappa shape index (κ2) is 6.49. The van der Waals surface area contributed by atoms with Crippen LogP contribution in [0.25, 0.3) is 0 Å². The topological polar surface area (TPSA) is 35.6 Å². The Hall–Kier alpha value is -1.92. The molecule has 1 aromatic carbocycles. The van der Waals surface area contributed by atoms with Crippen LogP contribution in [0.2, 0.25) is 0 Å². The summed E-state index contributed by atoms with van der Waals surface area (Å²) in [6.45, 7) is -1.08. The van der Waals surface area contributed by atoms with Crippen LogP contribution in [0.5, 0.6) is 0 Å². The van der Waals surface area contributed by atoms with Gasteiger partial charge >= 0.3 is 12.2 Å². The molecule has 1 aromatic rings. The highest BCUT2D eigenvalue weighted by Crippen LogP contribution is 2.14. The van der Waals surface area contributed by atoms with Crippen LogP contribution in [0.3, 0.4) is 0 Å². The van der Waals surface area contributed by atoms with Gasteiger partial charge in [0.2, 0.25) is 0 Å². The maximum Gasteiger partial charge on any atom is 0.405 e. The summed E-state index contributed by atoms with van der Waals surface area (Å²) in [5, 5.41) is 1.83. The highest BCUT2D eigenvalue weighted by molar-refractivity contribution is 5.73. The summed E-state index contributed by atoms with van der Waals surface area (Å²) in [4.78, 5) is 14.6. The number of urea groups is 1. The first kappa shape index (κ1) is 16.1. The monoisotopic (exact) mass is 289 g/mol. The number of carbonyl (C=O) groups excluding carboxylic acids is 1. The van der Waals surface area contributed by atoms with Crippen LogP contribution in [0.15, 0.2) is 24.3 Å². The molecule has 0 radical (unpaired) electrons. The molecule has 0 fully saturated rings. The van der Waals surface area contributed by atoms with Crippen LogP contribution < -0.4 is 10.2 Å². The average molecular weight is 289 g/mol. The minimum atomic E-state index is -4.40. The molecular weight excluding hydrogens is 271 g/mol. The van der Waals surface area contributed by atoms with Gasteiger partial charge in [-0.05, 0) is 17.7 Å². The van der Waals surface area contributed by atoms with E-state index in [4.69, 9.17) is 0 Å². The zero-order valence-electron chi connectivity index (χ0n) is 11.7. The minimum absolute atomic E-state index is 0.247. The third-order valence-electron chi connectivity index (χ3n) is 2.66. The van der Waals surface area contributed by atoms with E-state index in [1.807, 2.05) is 48.6 Å². The van der Waals surface area contributed by atoms with Crippen LogP contribution >= 0.6 is 0 Å². The maximum absolute atomic E-state index is 12.0. The van der Waals surface area contributed by atoms with Crippen molar-refractivity contribution in [2.45, 2.75) is 12.7 Å². The predicted octanol–water partition coefficient (Wildman–Crippen LogP) is 2.46. The molecule has 0 spiro atoms. The first-order valence-electron chi connectivity index (χ1n) is 6.01. The van der Waals surface area contributed by atoms with Gasteiger partial charge in [-0.25, -0.2) is 4.79 Å². The summed E-state index contributed by atoms with van der Waals surface area (Å²) >= 11 is 0. The van der Waals surface area contributed by atoms with E-state index in [-0.39, 0.29) is 6.54 Å². The van der Waals surface area contributed by atoms with Crippen molar-refractivity contribution in [2.24, 2.45) is 0 Å². The highest BCUT2D eigenvalue weighted by atomic mass is 19.4. The van der Waals surface area contributed by atoms with Crippen molar-refractivity contribution in [2.75, 3.05) is 32.6 Å². The number of nitrogens with zero attached hydrogens (tertiary/aromatic N) is 2. The Kier molecular flexibility index (Phi) is 5.24. The fraction of sp³-hybridized carbons (Fsp3) is 0.462. The Morgan fingerprint density at radius 1 is 1.15 bits per heavy atom. The molecule has 2 amide bonds. The van der Waals surface area contributed by atoms with Crippen LogP contribution in [0.1, 0.15) is 5.56 Å². The molecule has 1 N–H and O–H groups in total. The van der Waals surface area contributed by atoms with Crippen molar-refractivity contribution >= 4 is 11.7 Å². The zero-order valence-corrected chi connectivity index (χ0v) is 11.7. The van der Waals surface area contributed by atoms with E-state index < -0.39 is 18.8 Å². The van der Waals surface area contributed by atoms with Crippen molar-refractivity contribution in [1.29, 1.82) is 0 Å². The molecule has 4 nitrogen and oxygen atoms in total. The van der Waals surface area contributed by atoms with Gasteiger partial charge in [0.15, 0.2) is 0 Å². The number of benzene rings is 1. The lowest BCUT2D eigenvalue weighted by atomic mass is 10.2. The fourth-order valence-corrected chi connectivity index (χ4v) is 1.56. The summed E-state index contributed by atoms with van der Waals surface area (Å²) in [6, 6.07) is 6.69. The van der Waals surface area contributed by atoms with Crippen LogP contribution in [-0.2, 0) is 6.54 Å². The fourth-order valence-electron chi connectivity index (χ4n) is 1.56. The number of carbonyl (C=O) groups is 1. The zero-order chi connectivity index (χ0) is 15.3. The summed E-state index contributed by atoms with van der Waals surface area (Å²) in [6.07, 6.45) is -4.40. The molecule has 0 aliphatic carbocycles. The number of hydrogen-bond donors (Lipinski definition) is 1. The van der Waals surface area contributed by atoms with E-state index >= 15 is 0 Å². The van der Waals surface area contributed by atoms with E-state index in [1.54, 1.807) is 0 Å². The van der Waals surface area contributed by atoms with Gasteiger partial charge in [0.25, 0.3) is 0 Å². The first-order chi connectivity index (χ1) is 9.19. The summed E-state index contributed by atoms with van der Waals surface area (Å²) in [5.74, 6) is 0. The first-order valence-corrected chi connectivity index (χ1v) is 6.01. The number of rotatable bonds is 4. The van der Waals surface area contributed by atoms with Crippen molar-refractivity contribution in [1.82, 2.24) is 10.2 Å². The number of alkyl halides is 3. The van der Waals surface area contributed by atoms with Crippen molar-refractivity contribution in [3.8, 4) is 0 Å². The quantitative estimate of drug-likeness (QED) is 0.924. The van der Waals surface area contributed by atoms with Crippen molar-refractivity contribution in [3.63, 3.8) is 0 Å². The predicted molar refractivity (Wildman–Crippen MR) is 71.7 cm³/mol. The molecule has 0 aromatic heterocycles. The smallest absolute Gasteiger partial charge is 0.378 e. The number of hydrogen-bond acceptors (Lipinski definition) is 2. The second-order valence-corrected chi connectivity index (χ2v) is 4.69. The molecule has 0 saturated heterocycles. The molecule has 112 valence electrons. The minimum Gasteiger partial charge on any atom is -0.378 e. The van der Waals surface area contributed by atoms with Gasteiger partial charge < -0.3 is 15.1 Å². The Bertz CT molecular complexity index is 443.